The van der Waals surface area contributed by atoms with E-state index in [1.807, 2.05) is 0 Å². The molecule has 0 fully saturated rings. The molecule has 0 aliphatic rings. The number of hydrogen-bond donors (Lipinski definition) is 0. The van der Waals surface area contributed by atoms with Crippen LogP contribution in [0.2, 0.25) is 0 Å². The van der Waals surface area contributed by atoms with Crippen molar-refractivity contribution in [1.82, 2.24) is 4.90 Å². The first-order valence-electron chi connectivity index (χ1n) is 8.57. The second-order valence-corrected chi connectivity index (χ2v) is 6.50. The Kier molecular flexibility index (Phi) is 5.45. The molecule has 122 valence electrons. The van der Waals surface area contributed by atoms with Crippen LogP contribution >= 0.6 is 0 Å². The number of rotatable bonds is 6. The Morgan fingerprint density at radius 1 is 0.583 bits per heavy atom. The van der Waals surface area contributed by atoms with Crippen molar-refractivity contribution in [2.24, 2.45) is 0 Å². The molecule has 0 saturated carbocycles. The summed E-state index contributed by atoms with van der Waals surface area (Å²) in [5.41, 5.74) is 4.14. The van der Waals surface area contributed by atoms with Gasteiger partial charge in [0.15, 0.2) is 0 Å². The standard InChI is InChI=1S/C23H25N/c1-24(2)23(21-16-10-5-11-17-21)18-22(19-12-6-3-7-13-19)20-14-8-4-9-15-20/h3-17,22-23H,18H2,1-2H3. The highest BCUT2D eigenvalue weighted by atomic mass is 15.1. The first-order valence-corrected chi connectivity index (χ1v) is 8.57. The molecule has 3 aromatic carbocycles. The van der Waals surface area contributed by atoms with Crippen molar-refractivity contribution in [2.45, 2.75) is 18.4 Å². The van der Waals surface area contributed by atoms with Gasteiger partial charge >= 0.3 is 0 Å². The van der Waals surface area contributed by atoms with E-state index >= 15 is 0 Å². The Morgan fingerprint density at radius 2 is 0.958 bits per heavy atom. The predicted octanol–water partition coefficient (Wildman–Crippen LogP) is 5.51. The van der Waals surface area contributed by atoms with Crippen LogP contribution in [0.5, 0.6) is 0 Å². The molecule has 1 heteroatoms. The fraction of sp³-hybridized carbons (Fsp3) is 0.217. The summed E-state index contributed by atoms with van der Waals surface area (Å²) in [6.07, 6.45) is 1.06. The van der Waals surface area contributed by atoms with Crippen molar-refractivity contribution in [3.05, 3.63) is 108 Å². The third-order valence-corrected chi connectivity index (χ3v) is 4.67. The van der Waals surface area contributed by atoms with Crippen LogP contribution < -0.4 is 0 Å². The van der Waals surface area contributed by atoms with E-state index in [4.69, 9.17) is 0 Å². The molecular weight excluding hydrogens is 290 g/mol. The maximum absolute atomic E-state index is 2.33. The minimum atomic E-state index is 0.386. The van der Waals surface area contributed by atoms with Crippen molar-refractivity contribution in [1.29, 1.82) is 0 Å². The van der Waals surface area contributed by atoms with Gasteiger partial charge in [0.25, 0.3) is 0 Å². The number of hydrogen-bond acceptors (Lipinski definition) is 1. The van der Waals surface area contributed by atoms with Crippen molar-refractivity contribution >= 4 is 0 Å². The lowest BCUT2D eigenvalue weighted by Crippen LogP contribution is -2.22. The molecule has 24 heavy (non-hydrogen) atoms. The quantitative estimate of drug-likeness (QED) is 0.579. The summed E-state index contributed by atoms with van der Waals surface area (Å²) in [6.45, 7) is 0. The average molecular weight is 315 g/mol. The van der Waals surface area contributed by atoms with Crippen molar-refractivity contribution in [2.75, 3.05) is 14.1 Å². The van der Waals surface area contributed by atoms with Crippen LogP contribution in [0.15, 0.2) is 91.0 Å². The van der Waals surface area contributed by atoms with Gasteiger partial charge in [0, 0.05) is 12.0 Å². The van der Waals surface area contributed by atoms with E-state index < -0.39 is 0 Å². The van der Waals surface area contributed by atoms with Gasteiger partial charge in [0.2, 0.25) is 0 Å². The molecule has 1 atom stereocenters. The second-order valence-electron chi connectivity index (χ2n) is 6.50. The Balaban J connectivity index is 1.96. The van der Waals surface area contributed by atoms with Gasteiger partial charge in [-0.05, 0) is 37.2 Å². The third-order valence-electron chi connectivity index (χ3n) is 4.67. The molecule has 0 spiro atoms. The first-order chi connectivity index (χ1) is 11.8. The van der Waals surface area contributed by atoms with Crippen LogP contribution in [0.25, 0.3) is 0 Å². The van der Waals surface area contributed by atoms with Gasteiger partial charge in [-0.15, -0.1) is 0 Å². The molecule has 0 N–H and O–H groups in total. The number of nitrogens with zero attached hydrogens (tertiary/aromatic N) is 1. The molecule has 0 aliphatic heterocycles. The summed E-state index contributed by atoms with van der Waals surface area (Å²) in [4.78, 5) is 2.33. The molecule has 0 heterocycles. The minimum absolute atomic E-state index is 0.386. The van der Waals surface area contributed by atoms with Gasteiger partial charge in [-0.1, -0.05) is 91.0 Å². The fourth-order valence-corrected chi connectivity index (χ4v) is 3.38. The van der Waals surface area contributed by atoms with E-state index in [1.165, 1.54) is 16.7 Å². The van der Waals surface area contributed by atoms with E-state index in [1.54, 1.807) is 0 Å². The molecule has 1 unspecified atom stereocenters. The van der Waals surface area contributed by atoms with Crippen LogP contribution in [-0.4, -0.2) is 19.0 Å². The van der Waals surface area contributed by atoms with Gasteiger partial charge in [-0.25, -0.2) is 0 Å². The monoisotopic (exact) mass is 315 g/mol. The highest BCUT2D eigenvalue weighted by Gasteiger charge is 2.22. The van der Waals surface area contributed by atoms with Crippen LogP contribution in [0, 0.1) is 0 Å². The zero-order valence-electron chi connectivity index (χ0n) is 14.5. The molecule has 0 bridgehead atoms. The molecule has 0 radical (unpaired) electrons. The molecule has 3 rings (SSSR count). The lowest BCUT2D eigenvalue weighted by atomic mass is 9.84. The van der Waals surface area contributed by atoms with Crippen molar-refractivity contribution < 1.29 is 0 Å². The molecule has 0 aromatic heterocycles. The second kappa shape index (κ2) is 7.94. The first kappa shape index (κ1) is 16.5. The average Bonchev–Trinajstić information content (AvgIpc) is 2.64. The Hall–Kier alpha value is -2.38. The summed E-state index contributed by atoms with van der Waals surface area (Å²) in [5, 5.41) is 0. The fourth-order valence-electron chi connectivity index (χ4n) is 3.38. The van der Waals surface area contributed by atoms with E-state index in [9.17, 15) is 0 Å². The van der Waals surface area contributed by atoms with E-state index in [0.29, 0.717) is 12.0 Å². The molecule has 3 aromatic rings. The maximum Gasteiger partial charge on any atom is 0.0351 e. The summed E-state index contributed by atoms with van der Waals surface area (Å²) in [7, 11) is 4.34. The molecular formula is C23H25N. The molecule has 0 aliphatic carbocycles. The topological polar surface area (TPSA) is 3.24 Å². The van der Waals surface area contributed by atoms with Crippen LogP contribution in [0.3, 0.4) is 0 Å². The van der Waals surface area contributed by atoms with Gasteiger partial charge in [-0.3, -0.25) is 0 Å². The zero-order valence-corrected chi connectivity index (χ0v) is 14.5. The highest BCUT2D eigenvalue weighted by Crippen LogP contribution is 2.35. The van der Waals surface area contributed by atoms with Crippen molar-refractivity contribution in [3.63, 3.8) is 0 Å². The van der Waals surface area contributed by atoms with E-state index in [-0.39, 0.29) is 0 Å². The van der Waals surface area contributed by atoms with E-state index in [0.717, 1.165) is 6.42 Å². The third kappa shape index (κ3) is 3.93. The minimum Gasteiger partial charge on any atom is -0.302 e. The van der Waals surface area contributed by atoms with Crippen molar-refractivity contribution in [3.8, 4) is 0 Å². The summed E-state index contributed by atoms with van der Waals surface area (Å²) >= 11 is 0. The SMILES string of the molecule is CN(C)C(CC(c1ccccc1)c1ccccc1)c1ccccc1. The lowest BCUT2D eigenvalue weighted by molar-refractivity contribution is 0.275. The normalized spacial score (nSPS) is 12.5. The van der Waals surface area contributed by atoms with Crippen LogP contribution in [-0.2, 0) is 0 Å². The summed E-state index contributed by atoms with van der Waals surface area (Å²) in [5.74, 6) is 0.389. The lowest BCUT2D eigenvalue weighted by Gasteiger charge is -2.29. The highest BCUT2D eigenvalue weighted by molar-refractivity contribution is 5.33. The van der Waals surface area contributed by atoms with Crippen LogP contribution in [0.1, 0.15) is 35.1 Å². The van der Waals surface area contributed by atoms with Gasteiger partial charge in [0.1, 0.15) is 0 Å². The smallest absolute Gasteiger partial charge is 0.0351 e. The van der Waals surface area contributed by atoms with Gasteiger partial charge < -0.3 is 4.90 Å². The maximum atomic E-state index is 2.33. The van der Waals surface area contributed by atoms with Crippen LogP contribution in [0.4, 0.5) is 0 Å². The summed E-state index contributed by atoms with van der Waals surface area (Å²) in [6, 6.07) is 32.9. The molecule has 1 nitrogen and oxygen atoms in total. The van der Waals surface area contributed by atoms with Gasteiger partial charge in [-0.2, -0.15) is 0 Å². The molecule has 0 amide bonds. The summed E-state index contributed by atoms with van der Waals surface area (Å²) < 4.78 is 0. The Bertz CT molecular complexity index is 680. The predicted molar refractivity (Wildman–Crippen MR) is 102 cm³/mol. The molecule has 0 saturated heterocycles. The Morgan fingerprint density at radius 3 is 1.33 bits per heavy atom. The van der Waals surface area contributed by atoms with E-state index in [2.05, 4.69) is 110 Å². The van der Waals surface area contributed by atoms with Gasteiger partial charge in [0.05, 0.1) is 0 Å². The zero-order chi connectivity index (χ0) is 16.8. The largest absolute Gasteiger partial charge is 0.302 e. The number of benzene rings is 3. The Labute approximate surface area is 145 Å².